The third-order valence-corrected chi connectivity index (χ3v) is 6.25. The van der Waals surface area contributed by atoms with Crippen LogP contribution in [0.1, 0.15) is 58.1 Å². The number of likely N-dealkylation sites (tertiary alicyclic amines) is 1. The molecule has 2 aliphatic heterocycles. The van der Waals surface area contributed by atoms with Crippen LogP contribution in [0.5, 0.6) is 0 Å². The fourth-order valence-corrected chi connectivity index (χ4v) is 4.47. The van der Waals surface area contributed by atoms with Crippen molar-refractivity contribution in [3.05, 3.63) is 34.2 Å². The molecule has 184 valence electrons. The third kappa shape index (κ3) is 5.01. The molecule has 1 aromatic heterocycles. The molecule has 3 heterocycles. The number of carbonyl (C=O) groups excluding carboxylic acids is 3. The SMILES string of the molecule is Cn1c(=O)n(C2CCC(=O)NC2=O)c2ccc(COC3CCN(C(=O)OC(C)(C)C)CC3)cc21. The normalized spacial score (nSPS) is 20.0. The standard InChI is InChI=1S/C24H32N4O6/c1-24(2,3)34-23(32)27-11-9-16(10-12-27)33-14-15-5-6-17-19(13-15)26(4)22(31)28(17)18-7-8-20(29)25-21(18)30/h5-6,13,16,18H,7-12,14H2,1-4H3,(H,25,29,30). The second-order valence-electron chi connectivity index (χ2n) is 9.98. The zero-order valence-electron chi connectivity index (χ0n) is 20.1. The van der Waals surface area contributed by atoms with Crippen molar-refractivity contribution in [3.63, 3.8) is 0 Å². The lowest BCUT2D eigenvalue weighted by molar-refractivity contribution is -0.135. The van der Waals surface area contributed by atoms with Crippen molar-refractivity contribution in [1.29, 1.82) is 0 Å². The average Bonchev–Trinajstić information content (AvgIpc) is 3.01. The summed E-state index contributed by atoms with van der Waals surface area (Å²) in [6.45, 7) is 7.11. The van der Waals surface area contributed by atoms with Gasteiger partial charge in [-0.3, -0.25) is 24.0 Å². The van der Waals surface area contributed by atoms with E-state index in [1.807, 2.05) is 39.0 Å². The lowest BCUT2D eigenvalue weighted by atomic mass is 10.1. The molecule has 2 fully saturated rings. The first-order chi connectivity index (χ1) is 16.0. The zero-order chi connectivity index (χ0) is 24.6. The Balaban J connectivity index is 1.40. The zero-order valence-corrected chi connectivity index (χ0v) is 20.1. The van der Waals surface area contributed by atoms with E-state index in [1.165, 1.54) is 9.13 Å². The highest BCUT2D eigenvalue weighted by Gasteiger charge is 2.31. The van der Waals surface area contributed by atoms with Gasteiger partial charge in [-0.25, -0.2) is 9.59 Å². The minimum Gasteiger partial charge on any atom is -0.444 e. The van der Waals surface area contributed by atoms with E-state index in [9.17, 15) is 19.2 Å². The van der Waals surface area contributed by atoms with E-state index in [2.05, 4.69) is 5.32 Å². The van der Waals surface area contributed by atoms with Crippen molar-refractivity contribution >= 4 is 28.9 Å². The van der Waals surface area contributed by atoms with E-state index in [-0.39, 0.29) is 30.2 Å². The van der Waals surface area contributed by atoms with Crippen LogP contribution >= 0.6 is 0 Å². The van der Waals surface area contributed by atoms with Crippen molar-refractivity contribution in [2.45, 2.75) is 70.8 Å². The number of amides is 3. The summed E-state index contributed by atoms with van der Waals surface area (Å²) in [7, 11) is 1.67. The summed E-state index contributed by atoms with van der Waals surface area (Å²) in [6, 6.07) is 4.91. The van der Waals surface area contributed by atoms with E-state index in [4.69, 9.17) is 9.47 Å². The van der Waals surface area contributed by atoms with Gasteiger partial charge in [-0.05, 0) is 57.7 Å². The summed E-state index contributed by atoms with van der Waals surface area (Å²) >= 11 is 0. The molecule has 0 saturated carbocycles. The quantitative estimate of drug-likeness (QED) is 0.683. The molecule has 10 nitrogen and oxygen atoms in total. The van der Waals surface area contributed by atoms with Crippen LogP contribution in [0.15, 0.2) is 23.0 Å². The van der Waals surface area contributed by atoms with Gasteiger partial charge in [0.2, 0.25) is 11.8 Å². The molecule has 1 N–H and O–H groups in total. The maximum atomic E-state index is 12.9. The van der Waals surface area contributed by atoms with Crippen molar-refractivity contribution in [1.82, 2.24) is 19.4 Å². The Bertz CT molecular complexity index is 1170. The first-order valence-electron chi connectivity index (χ1n) is 11.7. The van der Waals surface area contributed by atoms with Gasteiger partial charge in [-0.1, -0.05) is 6.07 Å². The van der Waals surface area contributed by atoms with Crippen LogP contribution in [0, 0.1) is 0 Å². The highest BCUT2D eigenvalue weighted by atomic mass is 16.6. The van der Waals surface area contributed by atoms with Crippen LogP contribution in [0.3, 0.4) is 0 Å². The molecule has 1 aromatic carbocycles. The Morgan fingerprint density at radius 2 is 1.79 bits per heavy atom. The number of imidazole rings is 1. The fourth-order valence-electron chi connectivity index (χ4n) is 4.47. The number of hydrogen-bond acceptors (Lipinski definition) is 6. The number of hydrogen-bond donors (Lipinski definition) is 1. The summed E-state index contributed by atoms with van der Waals surface area (Å²) in [5.74, 6) is -0.762. The molecule has 1 atom stereocenters. The van der Waals surface area contributed by atoms with Gasteiger partial charge >= 0.3 is 11.8 Å². The van der Waals surface area contributed by atoms with Crippen LogP contribution in [-0.4, -0.2) is 56.7 Å². The average molecular weight is 473 g/mol. The summed E-state index contributed by atoms with van der Waals surface area (Å²) in [6.07, 6.45) is 1.70. The van der Waals surface area contributed by atoms with E-state index < -0.39 is 17.6 Å². The molecule has 2 aromatic rings. The summed E-state index contributed by atoms with van der Waals surface area (Å²) in [5.41, 5.74) is 1.46. The number of aryl methyl sites for hydroxylation is 1. The molecule has 0 spiro atoms. The molecule has 10 heteroatoms. The smallest absolute Gasteiger partial charge is 0.410 e. The molecule has 0 bridgehead atoms. The number of aromatic nitrogens is 2. The first kappa shape index (κ1) is 24.0. The van der Waals surface area contributed by atoms with Gasteiger partial charge in [0.15, 0.2) is 0 Å². The van der Waals surface area contributed by atoms with Crippen molar-refractivity contribution in [2.75, 3.05) is 13.1 Å². The summed E-state index contributed by atoms with van der Waals surface area (Å²) < 4.78 is 14.5. The van der Waals surface area contributed by atoms with Gasteiger partial charge in [-0.15, -0.1) is 0 Å². The molecule has 1 unspecified atom stereocenters. The second-order valence-corrected chi connectivity index (χ2v) is 9.98. The third-order valence-electron chi connectivity index (χ3n) is 6.25. The Morgan fingerprint density at radius 3 is 2.44 bits per heavy atom. The van der Waals surface area contributed by atoms with E-state index >= 15 is 0 Å². The van der Waals surface area contributed by atoms with E-state index in [1.54, 1.807) is 11.9 Å². The highest BCUT2D eigenvalue weighted by Crippen LogP contribution is 2.25. The van der Waals surface area contributed by atoms with E-state index in [0.29, 0.717) is 37.2 Å². The predicted molar refractivity (Wildman–Crippen MR) is 124 cm³/mol. The number of nitrogens with zero attached hydrogens (tertiary/aromatic N) is 3. The Morgan fingerprint density at radius 1 is 1.09 bits per heavy atom. The predicted octanol–water partition coefficient (Wildman–Crippen LogP) is 2.23. The minimum absolute atomic E-state index is 0.0336. The molecule has 0 aliphatic carbocycles. The monoisotopic (exact) mass is 472 g/mol. The van der Waals surface area contributed by atoms with Gasteiger partial charge in [0.1, 0.15) is 11.6 Å². The first-order valence-corrected chi connectivity index (χ1v) is 11.7. The molecular formula is C24H32N4O6. The van der Waals surface area contributed by atoms with Crippen LogP contribution in [0.25, 0.3) is 11.0 Å². The van der Waals surface area contributed by atoms with Gasteiger partial charge in [0.25, 0.3) is 0 Å². The maximum absolute atomic E-state index is 12.9. The van der Waals surface area contributed by atoms with Crippen LogP contribution in [0.4, 0.5) is 4.79 Å². The number of fused-ring (bicyclic) bond motifs is 1. The lowest BCUT2D eigenvalue weighted by Gasteiger charge is -2.33. The molecule has 2 aliphatic rings. The number of carbonyl (C=O) groups is 3. The molecular weight excluding hydrogens is 440 g/mol. The second kappa shape index (κ2) is 9.25. The van der Waals surface area contributed by atoms with Crippen LogP contribution < -0.4 is 11.0 Å². The molecule has 34 heavy (non-hydrogen) atoms. The maximum Gasteiger partial charge on any atom is 0.410 e. The molecule has 2 saturated heterocycles. The number of imide groups is 1. The molecule has 4 rings (SSSR count). The van der Waals surface area contributed by atoms with Crippen LogP contribution in [-0.2, 0) is 32.7 Å². The number of nitrogens with one attached hydrogen (secondary N) is 1. The number of piperidine rings is 2. The van der Waals surface area contributed by atoms with Crippen LogP contribution in [0.2, 0.25) is 0 Å². The molecule has 0 radical (unpaired) electrons. The largest absolute Gasteiger partial charge is 0.444 e. The number of rotatable bonds is 4. The van der Waals surface area contributed by atoms with Crippen molar-refractivity contribution in [2.24, 2.45) is 7.05 Å². The Labute approximate surface area is 197 Å². The van der Waals surface area contributed by atoms with Crippen molar-refractivity contribution in [3.8, 4) is 0 Å². The lowest BCUT2D eigenvalue weighted by Crippen LogP contribution is -2.44. The number of ether oxygens (including phenoxy) is 2. The summed E-state index contributed by atoms with van der Waals surface area (Å²) in [4.78, 5) is 50.7. The van der Waals surface area contributed by atoms with E-state index in [0.717, 1.165) is 18.4 Å². The fraction of sp³-hybridized carbons (Fsp3) is 0.583. The van der Waals surface area contributed by atoms with Gasteiger partial charge < -0.3 is 14.4 Å². The van der Waals surface area contributed by atoms with Crippen molar-refractivity contribution < 1.29 is 23.9 Å². The Kier molecular flexibility index (Phi) is 6.53. The highest BCUT2D eigenvalue weighted by molar-refractivity contribution is 6.00. The van der Waals surface area contributed by atoms with Gasteiger partial charge in [0.05, 0.1) is 23.7 Å². The number of benzene rings is 1. The molecule has 3 amide bonds. The summed E-state index contributed by atoms with van der Waals surface area (Å²) in [5, 5.41) is 2.32. The van der Waals surface area contributed by atoms with Gasteiger partial charge in [-0.2, -0.15) is 0 Å². The van der Waals surface area contributed by atoms with Gasteiger partial charge in [0, 0.05) is 26.6 Å². The minimum atomic E-state index is -0.703. The Hall–Kier alpha value is -3.14. The topological polar surface area (TPSA) is 112 Å².